The Balaban J connectivity index is 2.79. The molecule has 0 saturated carbocycles. The van der Waals surface area contributed by atoms with E-state index in [4.69, 9.17) is 0 Å². The summed E-state index contributed by atoms with van der Waals surface area (Å²) in [5.74, 6) is 0. The van der Waals surface area contributed by atoms with Crippen LogP contribution in [0.3, 0.4) is 0 Å². The third-order valence-corrected chi connectivity index (χ3v) is 3.95. The van der Waals surface area contributed by atoms with Gasteiger partial charge in [-0.05, 0) is 45.0 Å². The third-order valence-electron chi connectivity index (χ3n) is 1.18. The van der Waals surface area contributed by atoms with Gasteiger partial charge in [0.1, 0.15) is 0 Å². The summed E-state index contributed by atoms with van der Waals surface area (Å²) in [7, 11) is 2.93. The smallest absolute Gasteiger partial charge is 0.0128 e. The molecule has 8 heavy (non-hydrogen) atoms. The summed E-state index contributed by atoms with van der Waals surface area (Å²) in [6.07, 6.45) is 0. The lowest BCUT2D eigenvalue weighted by Crippen LogP contribution is -1.64. The fraction of sp³-hybridized carbons (Fsp3) is 0.500. The molecule has 43 valence electrons. The van der Waals surface area contributed by atoms with E-state index < -0.39 is 0 Å². The SMILES string of the molecule is CC1=PC(C)=C(C)[P]1. The Morgan fingerprint density at radius 2 is 1.62 bits per heavy atom. The van der Waals surface area contributed by atoms with Crippen LogP contribution in [-0.2, 0) is 0 Å². The molecule has 1 heterocycles. The highest BCUT2D eigenvalue weighted by atomic mass is 31.1. The zero-order valence-electron chi connectivity index (χ0n) is 5.39. The minimum absolute atomic E-state index is 1.47. The van der Waals surface area contributed by atoms with Crippen molar-refractivity contribution in [3.05, 3.63) is 10.6 Å². The summed E-state index contributed by atoms with van der Waals surface area (Å²) >= 11 is 0. The first kappa shape index (κ1) is 6.46. The van der Waals surface area contributed by atoms with Gasteiger partial charge in [0.15, 0.2) is 0 Å². The molecular weight excluding hydrogens is 134 g/mol. The molecule has 0 aromatic carbocycles. The van der Waals surface area contributed by atoms with Crippen molar-refractivity contribution in [2.75, 3.05) is 0 Å². The molecule has 0 aromatic rings. The standard InChI is InChI=1S/C6H9P2/c1-4-5(2)8-6(3)7-4/h1-3H3. The van der Waals surface area contributed by atoms with Gasteiger partial charge in [-0.15, -0.1) is 0 Å². The van der Waals surface area contributed by atoms with Gasteiger partial charge in [-0.3, -0.25) is 0 Å². The molecule has 0 aromatic heterocycles. The summed E-state index contributed by atoms with van der Waals surface area (Å²) in [6, 6.07) is 0. The number of hydrogen-bond donors (Lipinski definition) is 0. The maximum Gasteiger partial charge on any atom is -0.0128 e. The normalized spacial score (nSPS) is 24.6. The first-order valence-electron chi connectivity index (χ1n) is 2.64. The van der Waals surface area contributed by atoms with Crippen LogP contribution in [0, 0.1) is 0 Å². The van der Waals surface area contributed by atoms with Crippen molar-refractivity contribution in [3.8, 4) is 0 Å². The average Bonchev–Trinajstić information content (AvgIpc) is 1.85. The van der Waals surface area contributed by atoms with Crippen LogP contribution in [0.25, 0.3) is 0 Å². The molecule has 1 radical (unpaired) electrons. The quantitative estimate of drug-likeness (QED) is 0.456. The number of rotatable bonds is 0. The minimum Gasteiger partial charge on any atom is -0.0684 e. The molecule has 0 saturated heterocycles. The molecular formula is C6H9P2. The van der Waals surface area contributed by atoms with Gasteiger partial charge >= 0.3 is 0 Å². The molecule has 0 spiro atoms. The highest BCUT2D eigenvalue weighted by molar-refractivity contribution is 7.79. The van der Waals surface area contributed by atoms with Crippen molar-refractivity contribution in [1.29, 1.82) is 0 Å². The maximum absolute atomic E-state index is 2.21. The monoisotopic (exact) mass is 143 g/mol. The summed E-state index contributed by atoms with van der Waals surface area (Å²) in [5, 5.41) is 4.66. The Labute approximate surface area is 54.0 Å². The topological polar surface area (TPSA) is 0 Å². The van der Waals surface area contributed by atoms with Crippen molar-refractivity contribution in [3.63, 3.8) is 0 Å². The molecule has 0 aliphatic carbocycles. The first-order chi connectivity index (χ1) is 3.70. The lowest BCUT2D eigenvalue weighted by Gasteiger charge is -1.87. The van der Waals surface area contributed by atoms with Crippen LogP contribution in [-0.4, -0.2) is 5.03 Å². The second kappa shape index (κ2) is 2.29. The molecule has 1 aliphatic rings. The van der Waals surface area contributed by atoms with Crippen LogP contribution < -0.4 is 0 Å². The predicted molar refractivity (Wildman–Crippen MR) is 42.9 cm³/mol. The van der Waals surface area contributed by atoms with Crippen molar-refractivity contribution < 1.29 is 0 Å². The van der Waals surface area contributed by atoms with E-state index in [0.29, 0.717) is 0 Å². The van der Waals surface area contributed by atoms with E-state index in [1.54, 1.807) is 15.7 Å². The minimum atomic E-state index is 1.47. The fourth-order valence-corrected chi connectivity index (χ4v) is 3.37. The van der Waals surface area contributed by atoms with Crippen molar-refractivity contribution in [2.45, 2.75) is 20.8 Å². The third kappa shape index (κ3) is 1.19. The average molecular weight is 143 g/mol. The summed E-state index contributed by atoms with van der Waals surface area (Å²) in [5.41, 5.74) is 0. The lowest BCUT2D eigenvalue weighted by atomic mass is 10.6. The van der Waals surface area contributed by atoms with E-state index in [2.05, 4.69) is 20.8 Å². The first-order valence-corrected chi connectivity index (χ1v) is 4.43. The Kier molecular flexibility index (Phi) is 1.85. The van der Waals surface area contributed by atoms with Crippen molar-refractivity contribution >= 4 is 21.8 Å². The predicted octanol–water partition coefficient (Wildman–Crippen LogP) is 3.29. The van der Waals surface area contributed by atoms with Crippen LogP contribution in [0.4, 0.5) is 0 Å². The number of allylic oxidation sites excluding steroid dienone is 2. The van der Waals surface area contributed by atoms with E-state index in [1.807, 2.05) is 0 Å². The molecule has 2 heteroatoms. The van der Waals surface area contributed by atoms with Gasteiger partial charge in [0.25, 0.3) is 0 Å². The van der Waals surface area contributed by atoms with Crippen LogP contribution in [0.2, 0.25) is 0 Å². The van der Waals surface area contributed by atoms with Crippen molar-refractivity contribution in [1.82, 2.24) is 0 Å². The van der Waals surface area contributed by atoms with Gasteiger partial charge in [-0.25, -0.2) is 0 Å². The summed E-state index contributed by atoms with van der Waals surface area (Å²) in [4.78, 5) is 0. The molecule has 1 aliphatic heterocycles. The molecule has 0 fully saturated rings. The molecule has 0 bridgehead atoms. The Morgan fingerprint density at radius 3 is 1.75 bits per heavy atom. The second-order valence-electron chi connectivity index (χ2n) is 1.94. The van der Waals surface area contributed by atoms with Crippen LogP contribution in [0.5, 0.6) is 0 Å². The van der Waals surface area contributed by atoms with E-state index in [-0.39, 0.29) is 0 Å². The van der Waals surface area contributed by atoms with Crippen LogP contribution in [0.15, 0.2) is 10.6 Å². The van der Waals surface area contributed by atoms with Crippen LogP contribution >= 0.6 is 16.8 Å². The zero-order valence-corrected chi connectivity index (χ0v) is 7.18. The van der Waals surface area contributed by atoms with Gasteiger partial charge in [-0.2, -0.15) is 0 Å². The largest absolute Gasteiger partial charge is 0.0684 e. The maximum atomic E-state index is 2.21. The molecule has 0 amide bonds. The fourth-order valence-electron chi connectivity index (χ4n) is 0.672. The lowest BCUT2D eigenvalue weighted by molar-refractivity contribution is 1.56. The van der Waals surface area contributed by atoms with E-state index in [1.165, 1.54) is 16.8 Å². The van der Waals surface area contributed by atoms with E-state index in [9.17, 15) is 0 Å². The molecule has 0 atom stereocenters. The van der Waals surface area contributed by atoms with Gasteiger partial charge in [0, 0.05) is 0 Å². The molecule has 0 nitrogen and oxygen atoms in total. The number of hydrogen-bond acceptors (Lipinski definition) is 0. The second-order valence-corrected chi connectivity index (χ2v) is 5.42. The van der Waals surface area contributed by atoms with Crippen LogP contribution in [0.1, 0.15) is 20.8 Å². The molecule has 0 N–H and O–H groups in total. The highest BCUT2D eigenvalue weighted by Gasteiger charge is 2.05. The van der Waals surface area contributed by atoms with E-state index in [0.717, 1.165) is 0 Å². The van der Waals surface area contributed by atoms with E-state index >= 15 is 0 Å². The van der Waals surface area contributed by atoms with Gasteiger partial charge in [0.05, 0.1) is 0 Å². The molecule has 1 rings (SSSR count). The van der Waals surface area contributed by atoms with Gasteiger partial charge in [0.2, 0.25) is 0 Å². The van der Waals surface area contributed by atoms with Gasteiger partial charge in [-0.1, -0.05) is 8.20 Å². The Bertz CT molecular complexity index is 165. The summed E-state index contributed by atoms with van der Waals surface area (Å²) in [6.45, 7) is 6.63. The summed E-state index contributed by atoms with van der Waals surface area (Å²) < 4.78 is 0. The zero-order chi connectivity index (χ0) is 6.15. The molecule has 0 unspecified atom stereocenters. The van der Waals surface area contributed by atoms with Crippen molar-refractivity contribution in [2.24, 2.45) is 0 Å². The highest BCUT2D eigenvalue weighted by Crippen LogP contribution is 2.42. The Hall–Kier alpha value is 0.340. The Morgan fingerprint density at radius 1 is 1.00 bits per heavy atom. The van der Waals surface area contributed by atoms with Gasteiger partial charge < -0.3 is 0 Å².